The molecule has 6 atom stereocenters. The number of benzene rings is 1. The van der Waals surface area contributed by atoms with E-state index in [2.05, 4.69) is 45.9 Å². The molecule has 4 saturated carbocycles. The van der Waals surface area contributed by atoms with Crippen molar-refractivity contribution in [2.24, 2.45) is 39.9 Å². The molecule has 1 aromatic carbocycles. The van der Waals surface area contributed by atoms with E-state index >= 15 is 0 Å². The summed E-state index contributed by atoms with van der Waals surface area (Å²) >= 11 is 0. The van der Waals surface area contributed by atoms with E-state index in [1.165, 1.54) is 44.9 Å². The Balaban J connectivity index is 1.51. The molecule has 31 heavy (non-hydrogen) atoms. The first-order valence-corrected chi connectivity index (χ1v) is 12.6. The van der Waals surface area contributed by atoms with Gasteiger partial charge in [-0.1, -0.05) is 46.2 Å². The topological polar surface area (TPSA) is 26.3 Å². The number of hydrogen-bond donors (Lipinski definition) is 0. The number of fused-ring (bicyclic) bond motifs is 5. The summed E-state index contributed by atoms with van der Waals surface area (Å²) in [5.74, 6) is 4.31. The van der Waals surface area contributed by atoms with Crippen LogP contribution in [0.2, 0.25) is 0 Å². The van der Waals surface area contributed by atoms with Crippen LogP contribution >= 0.6 is 0 Å². The Labute approximate surface area is 188 Å². The summed E-state index contributed by atoms with van der Waals surface area (Å²) in [6.07, 6.45) is 12.8. The quantitative estimate of drug-likeness (QED) is 0.468. The van der Waals surface area contributed by atoms with Crippen molar-refractivity contribution >= 4 is 11.9 Å². The van der Waals surface area contributed by atoms with Gasteiger partial charge in [0, 0.05) is 5.41 Å². The van der Waals surface area contributed by atoms with Crippen LogP contribution < -0.4 is 4.74 Å². The number of carbonyl (C=O) groups is 1. The van der Waals surface area contributed by atoms with Gasteiger partial charge in [0.25, 0.3) is 0 Å². The van der Waals surface area contributed by atoms with Crippen LogP contribution in [0.5, 0.6) is 5.75 Å². The lowest BCUT2D eigenvalue weighted by molar-refractivity contribution is -0.153. The molecular formula is C29H40O2. The van der Waals surface area contributed by atoms with Gasteiger partial charge in [-0.3, -0.25) is 4.79 Å². The first-order chi connectivity index (χ1) is 14.7. The standard InChI is InChI=1S/C29H40O2/c1-27(2)25-13-12-22-23-7-6-15-28(23,3)16-14-24(22)29(25,4)18-20(26(27)30)17-19-8-10-21(31-5)11-9-19/h8-11,17,22-25H,6-7,12-16,18H2,1-5H3/b20-17-/t22-,23+,24-,25+,28+,29-/m1/s1. The van der Waals surface area contributed by atoms with E-state index in [-0.39, 0.29) is 10.8 Å². The molecule has 0 bridgehead atoms. The Morgan fingerprint density at radius 2 is 1.68 bits per heavy atom. The predicted molar refractivity (Wildman–Crippen MR) is 127 cm³/mol. The van der Waals surface area contributed by atoms with Gasteiger partial charge in [-0.15, -0.1) is 0 Å². The van der Waals surface area contributed by atoms with Crippen LogP contribution in [0, 0.1) is 39.9 Å². The van der Waals surface area contributed by atoms with Crippen LogP contribution in [0.15, 0.2) is 29.8 Å². The molecule has 5 rings (SSSR count). The Hall–Kier alpha value is -1.57. The van der Waals surface area contributed by atoms with Crippen LogP contribution in [0.4, 0.5) is 0 Å². The van der Waals surface area contributed by atoms with Crippen LogP contribution in [0.25, 0.3) is 6.08 Å². The summed E-state index contributed by atoms with van der Waals surface area (Å²) in [4.78, 5) is 13.7. The van der Waals surface area contributed by atoms with Gasteiger partial charge in [-0.2, -0.15) is 0 Å². The fraction of sp³-hybridized carbons (Fsp3) is 0.690. The number of Topliss-reactive ketones (excluding diaryl/α,β-unsaturated/α-hetero) is 1. The highest BCUT2D eigenvalue weighted by Gasteiger charge is 2.62. The average molecular weight is 421 g/mol. The van der Waals surface area contributed by atoms with E-state index in [9.17, 15) is 4.79 Å². The lowest BCUT2D eigenvalue weighted by Crippen LogP contribution is -2.58. The van der Waals surface area contributed by atoms with Gasteiger partial charge in [0.05, 0.1) is 7.11 Å². The molecule has 2 heteroatoms. The van der Waals surface area contributed by atoms with Gasteiger partial charge < -0.3 is 4.74 Å². The van der Waals surface area contributed by atoms with E-state index in [0.717, 1.165) is 41.1 Å². The fourth-order valence-corrected chi connectivity index (χ4v) is 8.97. The van der Waals surface area contributed by atoms with Crippen LogP contribution in [-0.2, 0) is 4.79 Å². The van der Waals surface area contributed by atoms with Crippen LogP contribution in [-0.4, -0.2) is 12.9 Å². The van der Waals surface area contributed by atoms with Crippen molar-refractivity contribution in [2.75, 3.05) is 7.11 Å². The minimum Gasteiger partial charge on any atom is -0.497 e. The fourth-order valence-electron chi connectivity index (χ4n) is 8.97. The first kappa shape index (κ1) is 21.3. The second kappa shape index (κ2) is 7.22. The Morgan fingerprint density at radius 1 is 0.935 bits per heavy atom. The Morgan fingerprint density at radius 3 is 2.39 bits per heavy atom. The minimum absolute atomic E-state index is 0.239. The smallest absolute Gasteiger partial charge is 0.164 e. The number of ketones is 1. The molecule has 0 N–H and O–H groups in total. The summed E-state index contributed by atoms with van der Waals surface area (Å²) in [5.41, 5.74) is 2.72. The molecule has 168 valence electrons. The molecule has 0 unspecified atom stereocenters. The lowest BCUT2D eigenvalue weighted by atomic mass is 9.41. The molecular weight excluding hydrogens is 380 g/mol. The lowest BCUT2D eigenvalue weighted by Gasteiger charge is -2.63. The van der Waals surface area contributed by atoms with E-state index < -0.39 is 0 Å². The molecule has 0 amide bonds. The van der Waals surface area contributed by atoms with Crippen molar-refractivity contribution in [3.05, 3.63) is 35.4 Å². The molecule has 0 heterocycles. The van der Waals surface area contributed by atoms with Gasteiger partial charge in [0.2, 0.25) is 0 Å². The molecule has 4 aliphatic rings. The van der Waals surface area contributed by atoms with E-state index in [0.29, 0.717) is 17.1 Å². The average Bonchev–Trinajstić information content (AvgIpc) is 3.14. The normalized spacial score (nSPS) is 42.6. The van der Waals surface area contributed by atoms with Crippen molar-refractivity contribution in [2.45, 2.75) is 79.1 Å². The molecule has 4 aliphatic carbocycles. The highest BCUT2D eigenvalue weighted by Crippen LogP contribution is 2.68. The number of rotatable bonds is 2. The third-order valence-corrected chi connectivity index (χ3v) is 10.4. The molecule has 0 aromatic heterocycles. The van der Waals surface area contributed by atoms with Gasteiger partial charge in [-0.05, 0) is 109 Å². The van der Waals surface area contributed by atoms with Gasteiger partial charge >= 0.3 is 0 Å². The molecule has 2 nitrogen and oxygen atoms in total. The SMILES string of the molecule is COc1ccc(/C=C2/C[C@]3(C)[C@@H]4CC[C@]5(C)CCC[C@H]5[C@H]4CC[C@H]3C(C)(C)C2=O)cc1. The maximum atomic E-state index is 13.7. The van der Waals surface area contributed by atoms with Gasteiger partial charge in [0.15, 0.2) is 5.78 Å². The first-order valence-electron chi connectivity index (χ1n) is 12.6. The largest absolute Gasteiger partial charge is 0.497 e. The molecule has 0 saturated heterocycles. The molecule has 4 fully saturated rings. The maximum Gasteiger partial charge on any atom is 0.164 e. The zero-order valence-corrected chi connectivity index (χ0v) is 20.2. The van der Waals surface area contributed by atoms with Crippen LogP contribution in [0.1, 0.15) is 84.6 Å². The van der Waals surface area contributed by atoms with Crippen molar-refractivity contribution in [1.82, 2.24) is 0 Å². The third kappa shape index (κ3) is 3.15. The van der Waals surface area contributed by atoms with E-state index in [1.54, 1.807) is 7.11 Å². The summed E-state index contributed by atoms with van der Waals surface area (Å²) < 4.78 is 5.31. The molecule has 0 aliphatic heterocycles. The number of ether oxygens (including phenoxy) is 1. The number of hydrogen-bond acceptors (Lipinski definition) is 2. The molecule has 1 aromatic rings. The Kier molecular flexibility index (Phi) is 4.96. The van der Waals surface area contributed by atoms with E-state index in [1.807, 2.05) is 12.1 Å². The molecule has 0 radical (unpaired) electrons. The summed E-state index contributed by atoms with van der Waals surface area (Å²) in [6, 6.07) is 8.14. The van der Waals surface area contributed by atoms with Crippen LogP contribution in [0.3, 0.4) is 0 Å². The highest BCUT2D eigenvalue weighted by atomic mass is 16.5. The predicted octanol–water partition coefficient (Wildman–Crippen LogP) is 7.33. The minimum atomic E-state index is -0.271. The number of allylic oxidation sites excluding steroid dienone is 1. The van der Waals surface area contributed by atoms with Gasteiger partial charge in [-0.25, -0.2) is 0 Å². The van der Waals surface area contributed by atoms with Crippen molar-refractivity contribution in [1.29, 1.82) is 0 Å². The monoisotopic (exact) mass is 420 g/mol. The van der Waals surface area contributed by atoms with Crippen molar-refractivity contribution < 1.29 is 9.53 Å². The second-order valence-corrected chi connectivity index (χ2v) is 12.3. The van der Waals surface area contributed by atoms with Crippen molar-refractivity contribution in [3.63, 3.8) is 0 Å². The number of carbonyl (C=O) groups excluding carboxylic acids is 1. The summed E-state index contributed by atoms with van der Waals surface area (Å²) in [6.45, 7) is 9.62. The maximum absolute atomic E-state index is 13.7. The zero-order chi connectivity index (χ0) is 22.0. The summed E-state index contributed by atoms with van der Waals surface area (Å²) in [5, 5.41) is 0. The molecule has 0 spiro atoms. The summed E-state index contributed by atoms with van der Waals surface area (Å²) in [7, 11) is 1.70. The van der Waals surface area contributed by atoms with E-state index in [4.69, 9.17) is 4.74 Å². The van der Waals surface area contributed by atoms with Gasteiger partial charge in [0.1, 0.15) is 5.75 Å². The van der Waals surface area contributed by atoms with Crippen molar-refractivity contribution in [3.8, 4) is 5.75 Å². The zero-order valence-electron chi connectivity index (χ0n) is 20.2. The number of methoxy groups -OCH3 is 1. The Bertz CT molecular complexity index is 894. The highest BCUT2D eigenvalue weighted by molar-refractivity contribution is 6.04. The third-order valence-electron chi connectivity index (χ3n) is 10.4. The second-order valence-electron chi connectivity index (χ2n) is 12.3.